The van der Waals surface area contributed by atoms with Gasteiger partial charge in [0.05, 0.1) is 14.9 Å². The van der Waals surface area contributed by atoms with Crippen LogP contribution in [0, 0.1) is 0 Å². The van der Waals surface area contributed by atoms with Crippen molar-refractivity contribution in [1.82, 2.24) is 9.21 Å². The van der Waals surface area contributed by atoms with Crippen molar-refractivity contribution in [2.75, 3.05) is 32.4 Å². The Hall–Kier alpha value is 0.0400. The summed E-state index contributed by atoms with van der Waals surface area (Å²) >= 11 is 8.08. The molecule has 1 saturated heterocycles. The molecule has 0 radical (unpaired) electrons. The highest BCUT2D eigenvalue weighted by atomic mass is 79.9. The molecule has 106 valence electrons. The van der Waals surface area contributed by atoms with Gasteiger partial charge >= 0.3 is 0 Å². The van der Waals surface area contributed by atoms with Crippen LogP contribution >= 0.6 is 43.2 Å². The first-order valence-corrected chi connectivity index (χ1v) is 9.73. The van der Waals surface area contributed by atoms with Crippen LogP contribution < -0.4 is 0 Å². The van der Waals surface area contributed by atoms with Gasteiger partial charge in [0, 0.05) is 30.7 Å². The topological polar surface area (TPSA) is 57.7 Å². The lowest BCUT2D eigenvalue weighted by Crippen LogP contribution is -2.50. The molecule has 19 heavy (non-hydrogen) atoms. The van der Waals surface area contributed by atoms with Crippen LogP contribution in [0.3, 0.4) is 0 Å². The summed E-state index contributed by atoms with van der Waals surface area (Å²) in [5, 5.41) is 0. The Morgan fingerprint density at radius 2 is 1.84 bits per heavy atom. The highest BCUT2D eigenvalue weighted by molar-refractivity contribution is 9.13. The maximum Gasteiger partial charge on any atom is 0.264 e. The lowest BCUT2D eigenvalue weighted by molar-refractivity contribution is 0.0703. The summed E-state index contributed by atoms with van der Waals surface area (Å²) < 4.78 is 25.9. The SMILES string of the molecule is CS(=O)(=O)N1CCN(C(=O)c2cc(Br)c(Br)s2)CC1. The second-order valence-electron chi connectivity index (χ2n) is 4.19. The summed E-state index contributed by atoms with van der Waals surface area (Å²) in [5.41, 5.74) is 0. The van der Waals surface area contributed by atoms with Crippen LogP contribution in [-0.2, 0) is 10.0 Å². The van der Waals surface area contributed by atoms with Crippen molar-refractivity contribution in [3.05, 3.63) is 19.2 Å². The third kappa shape index (κ3) is 3.57. The zero-order valence-corrected chi connectivity index (χ0v) is 14.9. The van der Waals surface area contributed by atoms with Crippen molar-refractivity contribution in [2.24, 2.45) is 0 Å². The van der Waals surface area contributed by atoms with Crippen molar-refractivity contribution >= 4 is 59.1 Å². The molecule has 2 heterocycles. The van der Waals surface area contributed by atoms with E-state index in [4.69, 9.17) is 0 Å². The number of hydrogen-bond donors (Lipinski definition) is 0. The third-order valence-corrected chi connectivity index (χ3v) is 7.40. The van der Waals surface area contributed by atoms with Crippen molar-refractivity contribution in [3.63, 3.8) is 0 Å². The quantitative estimate of drug-likeness (QED) is 0.719. The van der Waals surface area contributed by atoms with Crippen LogP contribution in [0.15, 0.2) is 14.3 Å². The number of halogens is 2. The van der Waals surface area contributed by atoms with Crippen molar-refractivity contribution < 1.29 is 13.2 Å². The largest absolute Gasteiger partial charge is 0.335 e. The van der Waals surface area contributed by atoms with E-state index in [2.05, 4.69) is 31.9 Å². The number of carbonyl (C=O) groups is 1. The number of carbonyl (C=O) groups excluding carboxylic acids is 1. The number of piperazine rings is 1. The van der Waals surface area contributed by atoms with Gasteiger partial charge in [0.1, 0.15) is 0 Å². The van der Waals surface area contributed by atoms with Gasteiger partial charge in [-0.3, -0.25) is 4.79 Å². The fourth-order valence-electron chi connectivity index (χ4n) is 1.83. The number of sulfonamides is 1. The lowest BCUT2D eigenvalue weighted by atomic mass is 10.3. The predicted molar refractivity (Wildman–Crippen MR) is 82.0 cm³/mol. The van der Waals surface area contributed by atoms with E-state index in [0.717, 1.165) is 8.26 Å². The molecule has 0 bridgehead atoms. The molecule has 0 aliphatic carbocycles. The maximum atomic E-state index is 12.2. The fourth-order valence-corrected chi connectivity index (χ4v) is 4.66. The first kappa shape index (κ1) is 15.4. The predicted octanol–water partition coefficient (Wildman–Crippen LogP) is 1.99. The van der Waals surface area contributed by atoms with E-state index in [1.165, 1.54) is 21.9 Å². The molecule has 0 N–H and O–H groups in total. The first-order chi connectivity index (χ1) is 8.79. The van der Waals surface area contributed by atoms with E-state index in [9.17, 15) is 13.2 Å². The minimum Gasteiger partial charge on any atom is -0.335 e. The molecular weight excluding hydrogens is 420 g/mol. The van der Waals surface area contributed by atoms with Gasteiger partial charge < -0.3 is 4.90 Å². The van der Waals surface area contributed by atoms with Gasteiger partial charge in [-0.05, 0) is 37.9 Å². The van der Waals surface area contributed by atoms with Crippen molar-refractivity contribution in [2.45, 2.75) is 0 Å². The molecule has 9 heteroatoms. The number of thiophene rings is 1. The molecule has 0 saturated carbocycles. The Bertz CT molecular complexity index is 572. The molecule has 0 atom stereocenters. The van der Waals surface area contributed by atoms with Gasteiger partial charge in [-0.2, -0.15) is 4.31 Å². The standard InChI is InChI=1S/C10H12Br2N2O3S2/c1-19(16,17)14-4-2-13(3-5-14)10(15)8-6-7(11)9(12)18-8/h6H,2-5H2,1H3. The average Bonchev–Trinajstić information content (AvgIpc) is 2.68. The highest BCUT2D eigenvalue weighted by Gasteiger charge is 2.27. The molecule has 1 aliphatic rings. The smallest absolute Gasteiger partial charge is 0.264 e. The molecule has 0 spiro atoms. The average molecular weight is 432 g/mol. The highest BCUT2D eigenvalue weighted by Crippen LogP contribution is 2.33. The first-order valence-electron chi connectivity index (χ1n) is 5.48. The minimum atomic E-state index is -3.16. The number of nitrogens with zero attached hydrogens (tertiary/aromatic N) is 2. The van der Waals surface area contributed by atoms with Gasteiger partial charge in [-0.25, -0.2) is 8.42 Å². The van der Waals surface area contributed by atoms with Gasteiger partial charge in [0.15, 0.2) is 0 Å². The number of rotatable bonds is 2. The van der Waals surface area contributed by atoms with Crippen LogP contribution in [0.1, 0.15) is 9.67 Å². The molecule has 0 unspecified atom stereocenters. The summed E-state index contributed by atoms with van der Waals surface area (Å²) in [5.74, 6) is -0.0513. The molecule has 5 nitrogen and oxygen atoms in total. The zero-order chi connectivity index (χ0) is 14.2. The molecule has 0 aromatic carbocycles. The molecule has 1 aromatic rings. The van der Waals surface area contributed by atoms with Crippen LogP contribution in [-0.4, -0.2) is 56.0 Å². The van der Waals surface area contributed by atoms with Gasteiger partial charge in [-0.1, -0.05) is 0 Å². The fraction of sp³-hybridized carbons (Fsp3) is 0.500. The number of amides is 1. The summed E-state index contributed by atoms with van der Waals surface area (Å²) in [7, 11) is -3.16. The second-order valence-corrected chi connectivity index (χ2v) is 9.39. The molecule has 1 fully saturated rings. The minimum absolute atomic E-state index is 0.0513. The van der Waals surface area contributed by atoms with E-state index >= 15 is 0 Å². The van der Waals surface area contributed by atoms with Crippen LogP contribution in [0.2, 0.25) is 0 Å². The van der Waals surface area contributed by atoms with Gasteiger partial charge in [0.2, 0.25) is 10.0 Å². The Kier molecular flexibility index (Phi) is 4.71. The molecular formula is C10H12Br2N2O3S2. The van der Waals surface area contributed by atoms with Crippen LogP contribution in [0.5, 0.6) is 0 Å². The van der Waals surface area contributed by atoms with E-state index in [0.29, 0.717) is 31.1 Å². The third-order valence-electron chi connectivity index (χ3n) is 2.85. The monoisotopic (exact) mass is 430 g/mol. The Labute approximate surface area is 132 Å². The van der Waals surface area contributed by atoms with E-state index < -0.39 is 10.0 Å². The van der Waals surface area contributed by atoms with E-state index in [1.807, 2.05) is 0 Å². The van der Waals surface area contributed by atoms with Crippen molar-refractivity contribution in [3.8, 4) is 0 Å². The maximum absolute atomic E-state index is 12.2. The summed E-state index contributed by atoms with van der Waals surface area (Å²) in [4.78, 5) is 14.6. The summed E-state index contributed by atoms with van der Waals surface area (Å²) in [6, 6.07) is 1.78. The zero-order valence-electron chi connectivity index (χ0n) is 10.1. The molecule has 1 aliphatic heterocycles. The van der Waals surface area contributed by atoms with E-state index in [-0.39, 0.29) is 5.91 Å². The second kappa shape index (κ2) is 5.80. The lowest BCUT2D eigenvalue weighted by Gasteiger charge is -2.32. The summed E-state index contributed by atoms with van der Waals surface area (Å²) in [6.45, 7) is 1.58. The van der Waals surface area contributed by atoms with Crippen LogP contribution in [0.25, 0.3) is 0 Å². The number of hydrogen-bond acceptors (Lipinski definition) is 4. The van der Waals surface area contributed by atoms with Gasteiger partial charge in [0.25, 0.3) is 5.91 Å². The Morgan fingerprint density at radius 3 is 2.26 bits per heavy atom. The molecule has 1 aromatic heterocycles. The molecule has 2 rings (SSSR count). The molecule has 1 amide bonds. The normalized spacial score (nSPS) is 17.7. The Morgan fingerprint density at radius 1 is 1.26 bits per heavy atom. The van der Waals surface area contributed by atoms with Crippen LogP contribution in [0.4, 0.5) is 0 Å². The summed E-state index contributed by atoms with van der Waals surface area (Å²) in [6.07, 6.45) is 1.19. The Balaban J connectivity index is 2.04. The van der Waals surface area contributed by atoms with Crippen molar-refractivity contribution in [1.29, 1.82) is 0 Å². The van der Waals surface area contributed by atoms with E-state index in [1.54, 1.807) is 11.0 Å². The van der Waals surface area contributed by atoms with Gasteiger partial charge in [-0.15, -0.1) is 11.3 Å².